The van der Waals surface area contributed by atoms with Crippen molar-refractivity contribution in [2.75, 3.05) is 31.5 Å². The molecule has 0 atom stereocenters. The second kappa shape index (κ2) is 10.1. The van der Waals surface area contributed by atoms with E-state index in [1.54, 1.807) is 12.1 Å². The topological polar surface area (TPSA) is 70.4 Å². The first-order chi connectivity index (χ1) is 13.6. The molecule has 1 aliphatic heterocycles. The Labute approximate surface area is 166 Å². The van der Waals surface area contributed by atoms with E-state index >= 15 is 0 Å². The van der Waals surface area contributed by atoms with Gasteiger partial charge in [-0.15, -0.1) is 0 Å². The van der Waals surface area contributed by atoms with Crippen LogP contribution in [0.4, 0.5) is 14.9 Å². The molecule has 1 saturated heterocycles. The van der Waals surface area contributed by atoms with Crippen molar-refractivity contribution < 1.29 is 9.18 Å². The minimum absolute atomic E-state index is 0.0216. The minimum Gasteiger partial charge on any atom is -0.382 e. The van der Waals surface area contributed by atoms with Crippen LogP contribution in [0.2, 0.25) is 0 Å². The average Bonchev–Trinajstić information content (AvgIpc) is 2.72. The molecule has 0 unspecified atom stereocenters. The first kappa shape index (κ1) is 20.1. The van der Waals surface area contributed by atoms with Crippen LogP contribution in [0.5, 0.6) is 0 Å². The van der Waals surface area contributed by atoms with Crippen molar-refractivity contribution in [1.29, 1.82) is 0 Å². The molecule has 2 aromatic carbocycles. The Morgan fingerprint density at radius 2 is 1.61 bits per heavy atom. The summed E-state index contributed by atoms with van der Waals surface area (Å²) in [5, 5.41) is 6.52. The summed E-state index contributed by atoms with van der Waals surface area (Å²) in [6.45, 7) is 2.70. The van der Waals surface area contributed by atoms with Gasteiger partial charge in [0.1, 0.15) is 5.82 Å². The van der Waals surface area contributed by atoms with Crippen molar-refractivity contribution in [1.82, 2.24) is 10.2 Å². The Kier molecular flexibility index (Phi) is 7.25. The number of anilines is 1. The molecule has 1 heterocycles. The molecule has 3 rings (SSSR count). The highest BCUT2D eigenvalue weighted by Gasteiger charge is 2.22. The number of hydrogen-bond acceptors (Lipinski definition) is 3. The molecule has 0 spiro atoms. The molecule has 5 nitrogen and oxygen atoms in total. The summed E-state index contributed by atoms with van der Waals surface area (Å²) in [4.78, 5) is 14.2. The zero-order chi connectivity index (χ0) is 19.8. The fourth-order valence-corrected chi connectivity index (χ4v) is 3.47. The van der Waals surface area contributed by atoms with Crippen molar-refractivity contribution in [3.8, 4) is 0 Å². The Morgan fingerprint density at radius 3 is 2.25 bits per heavy atom. The van der Waals surface area contributed by atoms with E-state index in [0.717, 1.165) is 43.6 Å². The molecule has 2 amide bonds. The molecular weight excluding hydrogens is 355 g/mol. The van der Waals surface area contributed by atoms with Crippen LogP contribution in [-0.2, 0) is 12.8 Å². The van der Waals surface area contributed by atoms with E-state index in [4.69, 9.17) is 5.73 Å². The van der Waals surface area contributed by atoms with Crippen LogP contribution in [0, 0.1) is 5.82 Å². The van der Waals surface area contributed by atoms with Gasteiger partial charge in [0.25, 0.3) is 0 Å². The number of rotatable bonds is 7. The number of piperidine rings is 1. The zero-order valence-electron chi connectivity index (χ0n) is 16.2. The number of benzene rings is 2. The summed E-state index contributed by atoms with van der Waals surface area (Å²) in [5.41, 5.74) is 8.96. The molecule has 0 aromatic heterocycles. The van der Waals surface area contributed by atoms with E-state index in [9.17, 15) is 9.18 Å². The highest BCUT2D eigenvalue weighted by Crippen LogP contribution is 2.17. The minimum atomic E-state index is -0.240. The van der Waals surface area contributed by atoms with Gasteiger partial charge < -0.3 is 21.3 Å². The van der Waals surface area contributed by atoms with E-state index in [1.165, 1.54) is 17.7 Å². The molecule has 1 fully saturated rings. The molecule has 150 valence electrons. The molecule has 0 aliphatic carbocycles. The summed E-state index contributed by atoms with van der Waals surface area (Å²) in [6.07, 6.45) is 3.45. The number of urea groups is 1. The summed E-state index contributed by atoms with van der Waals surface area (Å²) in [6, 6.07) is 15.2. The number of likely N-dealkylation sites (tertiary alicyclic amines) is 1. The molecule has 6 heteroatoms. The normalized spacial score (nSPS) is 14.7. The standard InChI is InChI=1S/C22H29FN4O/c23-19-5-1-18(2-6-19)10-14-25-22(28)27-15-11-21(12-16-27)26-20-7-3-17(4-8-20)9-13-24/h1-8,21,26H,9-16,24H2,(H,25,28). The monoisotopic (exact) mass is 384 g/mol. The number of carbonyl (C=O) groups excluding carboxylic acids is 1. The number of nitrogens with two attached hydrogens (primary N) is 1. The quantitative estimate of drug-likeness (QED) is 0.687. The van der Waals surface area contributed by atoms with E-state index in [-0.39, 0.29) is 11.8 Å². The zero-order valence-corrected chi connectivity index (χ0v) is 16.2. The van der Waals surface area contributed by atoms with Gasteiger partial charge in [-0.3, -0.25) is 0 Å². The van der Waals surface area contributed by atoms with Crippen molar-refractivity contribution in [3.05, 3.63) is 65.5 Å². The number of nitrogens with zero attached hydrogens (tertiary/aromatic N) is 1. The Bertz CT molecular complexity index is 740. The fraction of sp³-hybridized carbons (Fsp3) is 0.409. The van der Waals surface area contributed by atoms with Gasteiger partial charge in [0, 0.05) is 31.4 Å². The lowest BCUT2D eigenvalue weighted by Crippen LogP contribution is -2.47. The number of halogens is 1. The van der Waals surface area contributed by atoms with Gasteiger partial charge in [-0.2, -0.15) is 0 Å². The van der Waals surface area contributed by atoms with Gasteiger partial charge in [0.2, 0.25) is 0 Å². The van der Waals surface area contributed by atoms with E-state index < -0.39 is 0 Å². The molecular formula is C22H29FN4O. The Balaban J connectivity index is 1.37. The maximum atomic E-state index is 12.9. The average molecular weight is 384 g/mol. The van der Waals surface area contributed by atoms with Crippen LogP contribution in [0.3, 0.4) is 0 Å². The van der Waals surface area contributed by atoms with Gasteiger partial charge in [-0.1, -0.05) is 24.3 Å². The van der Waals surface area contributed by atoms with Crippen molar-refractivity contribution in [3.63, 3.8) is 0 Å². The number of nitrogens with one attached hydrogen (secondary N) is 2. The third-order valence-corrected chi connectivity index (χ3v) is 5.14. The van der Waals surface area contributed by atoms with E-state index in [0.29, 0.717) is 25.6 Å². The lowest BCUT2D eigenvalue weighted by molar-refractivity contribution is 0.184. The first-order valence-corrected chi connectivity index (χ1v) is 9.97. The fourth-order valence-electron chi connectivity index (χ4n) is 3.47. The molecule has 4 N–H and O–H groups in total. The molecule has 0 bridgehead atoms. The van der Waals surface area contributed by atoms with Crippen LogP contribution < -0.4 is 16.4 Å². The van der Waals surface area contributed by atoms with Crippen molar-refractivity contribution in [2.45, 2.75) is 31.7 Å². The summed E-state index contributed by atoms with van der Waals surface area (Å²) in [5.74, 6) is -0.240. The molecule has 0 saturated carbocycles. The third-order valence-electron chi connectivity index (χ3n) is 5.14. The Hall–Kier alpha value is -2.60. The van der Waals surface area contributed by atoms with Gasteiger partial charge in [0.05, 0.1) is 0 Å². The largest absolute Gasteiger partial charge is 0.382 e. The SMILES string of the molecule is NCCc1ccc(NC2CCN(C(=O)NCCc3ccc(F)cc3)CC2)cc1. The predicted molar refractivity (Wildman–Crippen MR) is 111 cm³/mol. The van der Waals surface area contributed by atoms with Crippen LogP contribution in [0.1, 0.15) is 24.0 Å². The number of hydrogen-bond donors (Lipinski definition) is 3. The number of carbonyl (C=O) groups is 1. The maximum Gasteiger partial charge on any atom is 0.317 e. The predicted octanol–water partition coefficient (Wildman–Crippen LogP) is 3.16. The van der Waals surface area contributed by atoms with Crippen molar-refractivity contribution >= 4 is 11.7 Å². The molecule has 28 heavy (non-hydrogen) atoms. The smallest absolute Gasteiger partial charge is 0.317 e. The molecule has 1 aliphatic rings. The Morgan fingerprint density at radius 1 is 1.00 bits per heavy atom. The van der Waals surface area contributed by atoms with Crippen LogP contribution in [-0.4, -0.2) is 43.2 Å². The van der Waals surface area contributed by atoms with Gasteiger partial charge >= 0.3 is 6.03 Å². The highest BCUT2D eigenvalue weighted by atomic mass is 19.1. The summed E-state index contributed by atoms with van der Waals surface area (Å²) in [7, 11) is 0. The van der Waals surface area contributed by atoms with Gasteiger partial charge in [-0.25, -0.2) is 9.18 Å². The summed E-state index contributed by atoms with van der Waals surface area (Å²) < 4.78 is 12.9. The van der Waals surface area contributed by atoms with E-state index in [1.807, 2.05) is 4.90 Å². The first-order valence-electron chi connectivity index (χ1n) is 9.97. The lowest BCUT2D eigenvalue weighted by Gasteiger charge is -2.33. The molecule has 0 radical (unpaired) electrons. The lowest BCUT2D eigenvalue weighted by atomic mass is 10.0. The highest BCUT2D eigenvalue weighted by molar-refractivity contribution is 5.74. The van der Waals surface area contributed by atoms with Crippen LogP contribution >= 0.6 is 0 Å². The summed E-state index contributed by atoms with van der Waals surface area (Å²) >= 11 is 0. The molecule has 2 aromatic rings. The third kappa shape index (κ3) is 5.96. The second-order valence-corrected chi connectivity index (χ2v) is 7.25. The van der Waals surface area contributed by atoms with Gasteiger partial charge in [0.15, 0.2) is 0 Å². The number of amides is 2. The second-order valence-electron chi connectivity index (χ2n) is 7.25. The maximum absolute atomic E-state index is 12.9. The van der Waals surface area contributed by atoms with Crippen LogP contribution in [0.15, 0.2) is 48.5 Å². The van der Waals surface area contributed by atoms with Gasteiger partial charge in [-0.05, 0) is 67.6 Å². The van der Waals surface area contributed by atoms with Crippen molar-refractivity contribution in [2.24, 2.45) is 5.73 Å². The van der Waals surface area contributed by atoms with E-state index in [2.05, 4.69) is 34.9 Å². The van der Waals surface area contributed by atoms with Crippen LogP contribution in [0.25, 0.3) is 0 Å².